The van der Waals surface area contributed by atoms with E-state index >= 15 is 0 Å². The zero-order valence-electron chi connectivity index (χ0n) is 27.2. The molecule has 3 heterocycles. The maximum atomic E-state index is 5.03. The third kappa shape index (κ3) is 4.48. The van der Waals surface area contributed by atoms with E-state index in [9.17, 15) is 0 Å². The van der Waals surface area contributed by atoms with E-state index in [1.165, 1.54) is 49.3 Å². The second-order valence-corrected chi connectivity index (χ2v) is 12.7. The van der Waals surface area contributed by atoms with Crippen LogP contribution in [-0.2, 0) is 6.54 Å². The Balaban J connectivity index is 1.14. The van der Waals surface area contributed by atoms with E-state index in [2.05, 4.69) is 149 Å². The van der Waals surface area contributed by atoms with Crippen molar-refractivity contribution in [1.82, 2.24) is 23.9 Å². The number of nitrogens with zero attached hydrogens (tertiary/aromatic N) is 5. The molecule has 236 valence electrons. The van der Waals surface area contributed by atoms with Gasteiger partial charge in [0.15, 0.2) is 11.6 Å². The fourth-order valence-corrected chi connectivity index (χ4v) is 7.58. The van der Waals surface area contributed by atoms with Gasteiger partial charge in [0.2, 0.25) is 0 Å². The van der Waals surface area contributed by atoms with Crippen molar-refractivity contribution >= 4 is 43.6 Å². The molecule has 0 unspecified atom stereocenters. The second kappa shape index (κ2) is 11.5. The van der Waals surface area contributed by atoms with Crippen molar-refractivity contribution in [3.63, 3.8) is 0 Å². The first-order valence-corrected chi connectivity index (χ1v) is 17.0. The van der Waals surface area contributed by atoms with Crippen molar-refractivity contribution in [3.05, 3.63) is 181 Å². The number of hydrogen-bond donors (Lipinski definition) is 0. The van der Waals surface area contributed by atoms with Crippen LogP contribution < -0.4 is 0 Å². The smallest absolute Gasteiger partial charge is 0.181 e. The van der Waals surface area contributed by atoms with Crippen molar-refractivity contribution in [3.8, 4) is 34.2 Å². The predicted octanol–water partition coefficient (Wildman–Crippen LogP) is 10.9. The van der Waals surface area contributed by atoms with Crippen LogP contribution in [0.4, 0.5) is 0 Å². The molecule has 0 aliphatic carbocycles. The molecule has 7 aromatic carbocycles. The van der Waals surface area contributed by atoms with Gasteiger partial charge in [-0.05, 0) is 48.0 Å². The van der Waals surface area contributed by atoms with Gasteiger partial charge in [0.05, 0.1) is 34.3 Å². The van der Waals surface area contributed by atoms with Gasteiger partial charge in [-0.15, -0.1) is 0 Å². The Labute approximate surface area is 288 Å². The van der Waals surface area contributed by atoms with Crippen LogP contribution >= 0.6 is 0 Å². The molecule has 0 saturated heterocycles. The lowest BCUT2D eigenvalue weighted by atomic mass is 10.1. The number of aromatic nitrogens is 5. The van der Waals surface area contributed by atoms with Crippen LogP contribution in [-0.4, -0.2) is 23.9 Å². The van der Waals surface area contributed by atoms with Gasteiger partial charge in [-0.2, -0.15) is 5.10 Å². The van der Waals surface area contributed by atoms with E-state index in [0.717, 1.165) is 34.0 Å². The van der Waals surface area contributed by atoms with Crippen molar-refractivity contribution in [2.75, 3.05) is 0 Å². The molecular formula is C45H31N5. The van der Waals surface area contributed by atoms with E-state index < -0.39 is 0 Å². The summed E-state index contributed by atoms with van der Waals surface area (Å²) >= 11 is 0. The first-order valence-electron chi connectivity index (χ1n) is 17.0. The van der Waals surface area contributed by atoms with Gasteiger partial charge in [0.25, 0.3) is 0 Å². The van der Waals surface area contributed by atoms with Gasteiger partial charge >= 0.3 is 0 Å². The highest BCUT2D eigenvalue weighted by Crippen LogP contribution is 2.39. The summed E-state index contributed by atoms with van der Waals surface area (Å²) in [6.07, 6.45) is 0. The van der Waals surface area contributed by atoms with E-state index in [1.54, 1.807) is 0 Å². The van der Waals surface area contributed by atoms with E-state index in [-0.39, 0.29) is 0 Å². The van der Waals surface area contributed by atoms with Gasteiger partial charge in [0, 0.05) is 38.4 Å². The summed E-state index contributed by atoms with van der Waals surface area (Å²) in [6, 6.07) is 62.2. The summed E-state index contributed by atoms with van der Waals surface area (Å²) in [6.45, 7) is 0.585. The zero-order chi connectivity index (χ0) is 33.0. The SMILES string of the molecule is c1ccc(-c2nc(-c3ccccc3)n(Cc3cccc(-n4c5ccccc5c5c(-n6c7ccccc7c7ccccc76)cccc54)c3)n2)cc1. The van der Waals surface area contributed by atoms with E-state index in [1.807, 2.05) is 41.1 Å². The van der Waals surface area contributed by atoms with Gasteiger partial charge < -0.3 is 9.13 Å². The highest BCUT2D eigenvalue weighted by molar-refractivity contribution is 6.16. The molecule has 0 radical (unpaired) electrons. The summed E-state index contributed by atoms with van der Waals surface area (Å²) in [5.74, 6) is 1.57. The predicted molar refractivity (Wildman–Crippen MR) is 205 cm³/mol. The maximum absolute atomic E-state index is 5.03. The largest absolute Gasteiger partial charge is 0.309 e. The number of benzene rings is 7. The minimum Gasteiger partial charge on any atom is -0.309 e. The first-order chi connectivity index (χ1) is 24.8. The normalized spacial score (nSPS) is 11.7. The van der Waals surface area contributed by atoms with Crippen LogP contribution in [0.25, 0.3) is 77.8 Å². The van der Waals surface area contributed by atoms with Crippen LogP contribution in [0.3, 0.4) is 0 Å². The van der Waals surface area contributed by atoms with Crippen molar-refractivity contribution < 1.29 is 0 Å². The molecule has 0 fully saturated rings. The molecule has 5 nitrogen and oxygen atoms in total. The molecule has 0 saturated carbocycles. The highest BCUT2D eigenvalue weighted by Gasteiger charge is 2.20. The molecule has 0 bridgehead atoms. The topological polar surface area (TPSA) is 40.6 Å². The van der Waals surface area contributed by atoms with Crippen LogP contribution in [0.1, 0.15) is 5.56 Å². The lowest BCUT2D eigenvalue weighted by Crippen LogP contribution is -2.05. The molecule has 10 rings (SSSR count). The van der Waals surface area contributed by atoms with Gasteiger partial charge in [0.1, 0.15) is 0 Å². The molecule has 50 heavy (non-hydrogen) atoms. The molecule has 3 aromatic heterocycles. The Bertz CT molecular complexity index is 2790. The molecule has 10 aromatic rings. The summed E-state index contributed by atoms with van der Waals surface area (Å²) in [5.41, 5.74) is 10.2. The average molecular weight is 642 g/mol. The van der Waals surface area contributed by atoms with Gasteiger partial charge in [-0.25, -0.2) is 9.67 Å². The number of para-hydroxylation sites is 3. The monoisotopic (exact) mass is 641 g/mol. The first kappa shape index (κ1) is 28.3. The Morgan fingerprint density at radius 3 is 1.70 bits per heavy atom. The minimum atomic E-state index is 0.585. The molecule has 0 aliphatic heterocycles. The summed E-state index contributed by atoms with van der Waals surface area (Å²) in [7, 11) is 0. The molecule has 5 heteroatoms. The Morgan fingerprint density at radius 2 is 1.00 bits per heavy atom. The molecule has 0 spiro atoms. The molecule has 0 aliphatic rings. The number of hydrogen-bond acceptors (Lipinski definition) is 2. The Morgan fingerprint density at radius 1 is 0.440 bits per heavy atom. The van der Waals surface area contributed by atoms with Crippen LogP contribution in [0.15, 0.2) is 176 Å². The number of rotatable bonds is 6. The quantitative estimate of drug-likeness (QED) is 0.181. The van der Waals surface area contributed by atoms with Crippen molar-refractivity contribution in [2.45, 2.75) is 6.54 Å². The van der Waals surface area contributed by atoms with Gasteiger partial charge in [-0.3, -0.25) is 0 Å². The zero-order valence-corrected chi connectivity index (χ0v) is 27.2. The van der Waals surface area contributed by atoms with E-state index in [4.69, 9.17) is 10.1 Å². The van der Waals surface area contributed by atoms with Crippen LogP contribution in [0, 0.1) is 0 Å². The minimum absolute atomic E-state index is 0.585. The Hall–Kier alpha value is -6.72. The second-order valence-electron chi connectivity index (χ2n) is 12.7. The summed E-state index contributed by atoms with van der Waals surface area (Å²) < 4.78 is 6.86. The fourth-order valence-electron chi connectivity index (χ4n) is 7.58. The summed E-state index contributed by atoms with van der Waals surface area (Å²) in [4.78, 5) is 5.02. The fraction of sp³-hybridized carbons (Fsp3) is 0.0222. The standard InChI is InChI=1S/C45H31N5/c1-3-16-32(17-4-1)44-46-45(33-18-5-2-6-19-33)48(47-44)30-31-15-13-20-34(29-31)49-40-26-12-9-23-37(40)43-41(49)27-14-28-42(43)50-38-24-10-7-21-35(38)36-22-8-11-25-39(36)50/h1-29H,30H2. The lowest BCUT2D eigenvalue weighted by Gasteiger charge is -2.12. The highest BCUT2D eigenvalue weighted by atomic mass is 15.3. The lowest BCUT2D eigenvalue weighted by molar-refractivity contribution is 0.695. The van der Waals surface area contributed by atoms with Crippen LogP contribution in [0.2, 0.25) is 0 Å². The Kier molecular flexibility index (Phi) is 6.49. The molecule has 0 atom stereocenters. The van der Waals surface area contributed by atoms with Gasteiger partial charge in [-0.1, -0.05) is 133 Å². The average Bonchev–Trinajstić information content (AvgIpc) is 3.86. The third-order valence-corrected chi connectivity index (χ3v) is 9.73. The van der Waals surface area contributed by atoms with Crippen LogP contribution in [0.5, 0.6) is 0 Å². The maximum Gasteiger partial charge on any atom is 0.181 e. The van der Waals surface area contributed by atoms with E-state index in [0.29, 0.717) is 6.54 Å². The third-order valence-electron chi connectivity index (χ3n) is 9.73. The summed E-state index contributed by atoms with van der Waals surface area (Å²) in [5, 5.41) is 10.0. The molecule has 0 N–H and O–H groups in total. The molecular weight excluding hydrogens is 611 g/mol. The number of fused-ring (bicyclic) bond motifs is 6. The molecule has 0 amide bonds. The van der Waals surface area contributed by atoms with Crippen molar-refractivity contribution in [2.24, 2.45) is 0 Å². The van der Waals surface area contributed by atoms with Crippen molar-refractivity contribution in [1.29, 1.82) is 0 Å².